The molecule has 0 unspecified atom stereocenters. The fourth-order valence-electron chi connectivity index (χ4n) is 4.12. The van der Waals surface area contributed by atoms with Crippen molar-refractivity contribution in [3.05, 3.63) is 0 Å². The monoisotopic (exact) mass is 1030 g/mol. The molecule has 0 radical (unpaired) electrons. The van der Waals surface area contributed by atoms with E-state index in [-0.39, 0.29) is 249 Å². The molecule has 0 aromatic carbocycles. The maximum atomic E-state index is 10.4. The van der Waals surface area contributed by atoms with Gasteiger partial charge in [-0.2, -0.15) is 0 Å². The molecule has 0 aliphatic carbocycles. The van der Waals surface area contributed by atoms with Crippen molar-refractivity contribution in [3.8, 4) is 0 Å². The van der Waals surface area contributed by atoms with E-state index < -0.39 is 71.6 Å². The fourth-order valence-corrected chi connectivity index (χ4v) is 4.12. The number of carboxylic acids is 12. The zero-order chi connectivity index (χ0) is 50.2. The molecule has 0 atom stereocenters. The molecular weight excluding hydrogens is 972 g/mol. The van der Waals surface area contributed by atoms with Crippen molar-refractivity contribution in [1.82, 2.24) is 40.9 Å². The predicted molar refractivity (Wildman–Crippen MR) is 237 cm³/mol. The molecule has 0 aromatic rings. The Bertz CT molecular complexity index is 1240. The van der Waals surface area contributed by atoms with E-state index in [9.17, 15) is 57.5 Å². The van der Waals surface area contributed by atoms with Gasteiger partial charge >= 0.3 is 190 Å². The first kappa shape index (κ1) is 82.2. The maximum absolute atomic E-state index is 10.4. The number of carbonyl (C=O) groups is 12. The first-order valence-electron chi connectivity index (χ1n) is 18.0. The van der Waals surface area contributed by atoms with Gasteiger partial charge in [-0.15, -0.1) is 0 Å². The number of carboxylic acid groups (broad SMARTS) is 12. The number of nitrogens with one attached hydrogen (secondary N) is 4. The van der Waals surface area contributed by atoms with Gasteiger partial charge in [0.15, 0.2) is 0 Å². The Hall–Kier alpha value is -2.68. The summed E-state index contributed by atoms with van der Waals surface area (Å²) in [6.07, 6.45) is 0. The Morgan fingerprint density at radius 3 is 0.441 bits per heavy atom. The van der Waals surface area contributed by atoms with Crippen LogP contribution in [-0.2, 0) is 57.5 Å². The molecule has 0 saturated carbocycles. The second-order valence-electron chi connectivity index (χ2n) is 12.3. The standard InChI is InChI=1S/4C8H14N2O6.4Na.4H/c4*11-6(12)3-9-1-2-10(4-7(13)14)5-8(15)16;;;;;;;;/h4*9H,1-5H2,(H,11,12)(H,13,14)(H,15,16);;;;;;;;. The Morgan fingerprint density at radius 2 is 0.353 bits per heavy atom. The van der Waals surface area contributed by atoms with E-state index in [0.717, 1.165) is 0 Å². The third kappa shape index (κ3) is 74.8. The molecule has 0 fully saturated rings. The summed E-state index contributed by atoms with van der Waals surface area (Å²) < 4.78 is 0. The summed E-state index contributed by atoms with van der Waals surface area (Å²) in [5, 5.41) is 111. The van der Waals surface area contributed by atoms with Gasteiger partial charge < -0.3 is 82.5 Å². The summed E-state index contributed by atoms with van der Waals surface area (Å²) in [6.45, 7) is -2.58. The van der Waals surface area contributed by atoms with Crippen LogP contribution in [0.15, 0.2) is 0 Å². The van der Waals surface area contributed by atoms with Crippen molar-refractivity contribution in [2.24, 2.45) is 0 Å². The summed E-state index contributed by atoms with van der Waals surface area (Å²) >= 11 is 0. The Balaban J connectivity index is -0.000000115. The Kier molecular flexibility index (Phi) is 64.9. The third-order valence-electron chi connectivity index (χ3n) is 6.40. The van der Waals surface area contributed by atoms with Crippen LogP contribution in [0.25, 0.3) is 0 Å². The number of aliphatic carboxylic acids is 12. The summed E-state index contributed by atoms with van der Waals surface area (Å²) in [5.41, 5.74) is 0. The van der Waals surface area contributed by atoms with Crippen LogP contribution in [0.1, 0.15) is 0 Å². The molecule has 36 heteroatoms. The first-order chi connectivity index (χ1) is 29.7. The van der Waals surface area contributed by atoms with Crippen molar-refractivity contribution in [1.29, 1.82) is 0 Å². The van der Waals surface area contributed by atoms with E-state index >= 15 is 0 Å². The van der Waals surface area contributed by atoms with Crippen LogP contribution in [0.3, 0.4) is 0 Å². The molecule has 0 heterocycles. The SMILES string of the molecule is O=C(O)CNCCN(CC(=O)O)CC(=O)O.O=C(O)CNCCN(CC(=O)O)CC(=O)O.O=C(O)CNCCN(CC(=O)O)CC(=O)O.O=C(O)CNCCN(CC(=O)O)CC(=O)O.[NaH].[NaH].[NaH].[NaH]. The van der Waals surface area contributed by atoms with E-state index in [1.165, 1.54) is 19.6 Å². The van der Waals surface area contributed by atoms with Gasteiger partial charge in [0.25, 0.3) is 0 Å². The second-order valence-corrected chi connectivity index (χ2v) is 12.3. The molecule has 0 aliphatic rings. The van der Waals surface area contributed by atoms with Crippen molar-refractivity contribution in [2.75, 3.05) is 131 Å². The predicted octanol–water partition coefficient (Wildman–Crippen LogP) is -10.1. The number of nitrogens with zero attached hydrogens (tertiary/aromatic N) is 4. The zero-order valence-corrected chi connectivity index (χ0v) is 34.2. The van der Waals surface area contributed by atoms with E-state index in [1.807, 2.05) is 0 Å². The molecule has 0 aliphatic heterocycles. The minimum atomic E-state index is -1.13. The number of hydrogen-bond donors (Lipinski definition) is 16. The van der Waals surface area contributed by atoms with Crippen LogP contribution in [0.5, 0.6) is 0 Å². The molecule has 68 heavy (non-hydrogen) atoms. The van der Waals surface area contributed by atoms with Crippen molar-refractivity contribution < 1.29 is 119 Å². The molecule has 0 aromatic heterocycles. The van der Waals surface area contributed by atoms with Crippen molar-refractivity contribution in [3.63, 3.8) is 0 Å². The van der Waals surface area contributed by atoms with E-state index in [2.05, 4.69) is 21.3 Å². The normalized spacial score (nSPS) is 9.71. The van der Waals surface area contributed by atoms with E-state index in [1.54, 1.807) is 0 Å². The third-order valence-corrected chi connectivity index (χ3v) is 6.40. The van der Waals surface area contributed by atoms with Gasteiger partial charge in [0.2, 0.25) is 0 Å². The Morgan fingerprint density at radius 1 is 0.235 bits per heavy atom. The quantitative estimate of drug-likeness (QED) is 0.0205. The van der Waals surface area contributed by atoms with Gasteiger partial charge in [0.05, 0.1) is 78.5 Å². The van der Waals surface area contributed by atoms with E-state index in [4.69, 9.17) is 61.3 Å². The van der Waals surface area contributed by atoms with Gasteiger partial charge in [0, 0.05) is 52.4 Å². The summed E-state index contributed by atoms with van der Waals surface area (Å²) in [7, 11) is 0. The zero-order valence-electron chi connectivity index (χ0n) is 34.2. The molecule has 16 N–H and O–H groups in total. The molecule has 32 nitrogen and oxygen atoms in total. The van der Waals surface area contributed by atoms with Crippen LogP contribution in [0, 0.1) is 0 Å². The van der Waals surface area contributed by atoms with Gasteiger partial charge in [-0.3, -0.25) is 77.1 Å². The van der Waals surface area contributed by atoms with Gasteiger partial charge in [0.1, 0.15) is 0 Å². The van der Waals surface area contributed by atoms with Crippen LogP contribution in [0.2, 0.25) is 0 Å². The molecule has 0 saturated heterocycles. The van der Waals surface area contributed by atoms with Crippen molar-refractivity contribution >= 4 is 190 Å². The van der Waals surface area contributed by atoms with Gasteiger partial charge in [-0.1, -0.05) is 0 Å². The first-order valence-corrected chi connectivity index (χ1v) is 18.0. The number of hydrogen-bond acceptors (Lipinski definition) is 20. The topological polar surface area (TPSA) is 509 Å². The van der Waals surface area contributed by atoms with Crippen LogP contribution in [0.4, 0.5) is 0 Å². The van der Waals surface area contributed by atoms with Crippen LogP contribution >= 0.6 is 0 Å². The average Bonchev–Trinajstić information content (AvgIpc) is 3.10. The van der Waals surface area contributed by atoms with E-state index in [0.29, 0.717) is 0 Å². The molecule has 0 rings (SSSR count). The molecule has 376 valence electrons. The Labute approximate surface area is 475 Å². The summed E-state index contributed by atoms with van der Waals surface area (Å²) in [4.78, 5) is 128. The molecular formula is C32H60N8Na4O24. The van der Waals surface area contributed by atoms with Gasteiger partial charge in [-0.25, -0.2) is 0 Å². The summed E-state index contributed by atoms with van der Waals surface area (Å²) in [5.74, 6) is -13.1. The van der Waals surface area contributed by atoms with Crippen LogP contribution in [-0.4, -0.2) is 402 Å². The minimum absolute atomic E-state index is 0. The average molecular weight is 1030 g/mol. The fraction of sp³-hybridized carbons (Fsp3) is 0.625. The molecule has 0 bridgehead atoms. The van der Waals surface area contributed by atoms with Crippen LogP contribution < -0.4 is 21.3 Å². The summed E-state index contributed by atoms with van der Waals surface area (Å²) in [6, 6.07) is 0. The molecule has 0 amide bonds. The second kappa shape index (κ2) is 53.7. The molecule has 0 spiro atoms. The number of rotatable bonds is 36. The van der Waals surface area contributed by atoms with Gasteiger partial charge in [-0.05, 0) is 0 Å². The van der Waals surface area contributed by atoms with Crippen molar-refractivity contribution in [2.45, 2.75) is 0 Å².